The summed E-state index contributed by atoms with van der Waals surface area (Å²) in [5.41, 5.74) is 29.1. The Labute approximate surface area is 406 Å². The lowest BCUT2D eigenvalue weighted by Gasteiger charge is -2.30. The molecule has 5 aromatic rings. The summed E-state index contributed by atoms with van der Waals surface area (Å²) in [5.74, 6) is -0.561. The number of pyridine rings is 1. The minimum atomic E-state index is -0.710. The van der Waals surface area contributed by atoms with E-state index in [4.69, 9.17) is 36.6 Å². The molecule has 0 spiro atoms. The molecule has 0 bridgehead atoms. The smallest absolute Gasteiger partial charge is 0.275 e. The molecule has 22 heteroatoms. The maximum absolute atomic E-state index is 14.1. The van der Waals surface area contributed by atoms with E-state index >= 15 is 0 Å². The van der Waals surface area contributed by atoms with Gasteiger partial charge in [0.15, 0.2) is 12.1 Å². The lowest BCUT2D eigenvalue weighted by atomic mass is 10.1. The molecule has 2 aromatic carbocycles. The first-order valence-electron chi connectivity index (χ1n) is 23.1. The molecule has 3 aromatic heterocycles. The summed E-state index contributed by atoms with van der Waals surface area (Å²) in [7, 11) is 5.15. The van der Waals surface area contributed by atoms with Gasteiger partial charge in [0.05, 0.1) is 29.0 Å². The van der Waals surface area contributed by atoms with E-state index in [-0.39, 0.29) is 55.2 Å². The average Bonchev–Trinajstić information content (AvgIpc) is 4.05. The average molecular weight is 961 g/mol. The summed E-state index contributed by atoms with van der Waals surface area (Å²) in [6.45, 7) is 11.7. The molecule has 5 heterocycles. The number of ether oxygens (including phenoxy) is 2. The number of anilines is 4. The molecule has 2 unspecified atom stereocenters. The van der Waals surface area contributed by atoms with Crippen molar-refractivity contribution in [1.82, 2.24) is 50.5 Å². The first-order chi connectivity index (χ1) is 33.4. The third-order valence-corrected chi connectivity index (χ3v) is 11.8. The van der Waals surface area contributed by atoms with Gasteiger partial charge in [0, 0.05) is 83.4 Å². The van der Waals surface area contributed by atoms with E-state index in [9.17, 15) is 19.2 Å². The van der Waals surface area contributed by atoms with E-state index in [1.54, 1.807) is 44.6 Å². The number of nitrogen functional groups attached to an aromatic ring is 1. The molecule has 7 rings (SSSR count). The van der Waals surface area contributed by atoms with Gasteiger partial charge < -0.3 is 51.4 Å². The van der Waals surface area contributed by atoms with Crippen molar-refractivity contribution in [2.75, 3.05) is 61.8 Å². The number of aryl methyl sites for hydroxylation is 2. The molecule has 0 saturated carbocycles. The van der Waals surface area contributed by atoms with Crippen molar-refractivity contribution < 1.29 is 28.7 Å². The Bertz CT molecular complexity index is 2800. The number of benzene rings is 2. The Kier molecular flexibility index (Phi) is 15.4. The van der Waals surface area contributed by atoms with Crippen molar-refractivity contribution >= 4 is 57.8 Å². The van der Waals surface area contributed by atoms with Gasteiger partial charge in [0.2, 0.25) is 17.8 Å². The fraction of sp³-hybridized carbons (Fsp3) is 0.396. The van der Waals surface area contributed by atoms with Crippen LogP contribution in [-0.2, 0) is 34.0 Å². The fourth-order valence-electron chi connectivity index (χ4n) is 8.42. The van der Waals surface area contributed by atoms with Crippen LogP contribution < -0.4 is 53.2 Å². The normalized spacial score (nSPS) is 15.7. The Morgan fingerprint density at radius 3 is 2.47 bits per heavy atom. The molecule has 372 valence electrons. The number of hydrogen-bond acceptors (Lipinski definition) is 16. The quantitative estimate of drug-likeness (QED) is 0.0183. The molecule has 0 radical (unpaired) electrons. The maximum atomic E-state index is 14.1. The summed E-state index contributed by atoms with van der Waals surface area (Å²) >= 11 is 0. The van der Waals surface area contributed by atoms with Crippen molar-refractivity contribution in [2.45, 2.75) is 85.2 Å². The second-order valence-electron chi connectivity index (χ2n) is 17.7. The van der Waals surface area contributed by atoms with Gasteiger partial charge in [0.25, 0.3) is 11.8 Å². The van der Waals surface area contributed by atoms with Crippen LogP contribution in [0.5, 0.6) is 5.75 Å². The molecule has 10 N–H and O–H groups in total. The Morgan fingerprint density at radius 1 is 1.03 bits per heavy atom. The Balaban J connectivity index is 1.17. The number of carbonyl (C=O) groups excluding carboxylic acids is 4. The van der Waals surface area contributed by atoms with Crippen LogP contribution in [0, 0.1) is 6.92 Å². The first kappa shape index (κ1) is 50.3. The topological polar surface area (TPSA) is 274 Å². The standard InChI is InChI=1S/C48H64N16O6/c1-9-63-36(22-29(3)56-63)44(67)55-47-60(7)35-24-32(42(51)69-8)27-52-43(35)62(47)20-12-11-19-61-40-34(53-46(61)54-45(68)37-26-48(4,5)58-64(37)10-2)23-31(41(50)66)25-38(40)70-21-13-14-39(65)57-59(6)28-30-15-17-33(49)18-16-30/h11-12,15-18,22-27,42,47,58H,9-10,13-14,19-21,28,49,51H2,1-8H3,(H2,50,66)(H,55,67)(H,57,65)(H,53,54,68)/b12-11+. The minimum absolute atomic E-state index is 0.103. The first-order valence-corrected chi connectivity index (χ1v) is 23.1. The zero-order valence-electron chi connectivity index (χ0n) is 40.9. The summed E-state index contributed by atoms with van der Waals surface area (Å²) < 4.78 is 15.2. The van der Waals surface area contributed by atoms with E-state index < -0.39 is 29.9 Å². The number of imidazole rings is 1. The Morgan fingerprint density at radius 2 is 1.77 bits per heavy atom. The SMILES string of the molecule is CCN1NC(C)(C)C=C1C(=O)Nc1nc2cc(C(N)=O)cc(OCCCC(=O)NN(C)Cc3ccc(N)cc3)c2n1C/C=C/CN1c2ncc(C(N)OC)cc2N(C)C1NC(=O)c1cc(C)nn1CC. The highest BCUT2D eigenvalue weighted by atomic mass is 16.5. The second kappa shape index (κ2) is 21.4. The number of rotatable bonds is 21. The number of nitrogens with two attached hydrogens (primary N) is 3. The molecule has 0 aliphatic carbocycles. The van der Waals surface area contributed by atoms with Crippen LogP contribution in [0.25, 0.3) is 11.0 Å². The van der Waals surface area contributed by atoms with Gasteiger partial charge in [-0.15, -0.1) is 0 Å². The predicted octanol–water partition coefficient (Wildman–Crippen LogP) is 3.23. The third kappa shape index (κ3) is 11.3. The number of likely N-dealkylation sites (N-methyl/N-ethyl adjacent to an activating group) is 1. The Hall–Kier alpha value is -7.53. The van der Waals surface area contributed by atoms with Gasteiger partial charge >= 0.3 is 0 Å². The number of methoxy groups -OCH3 is 1. The number of fused-ring (bicyclic) bond motifs is 2. The third-order valence-electron chi connectivity index (χ3n) is 11.8. The highest BCUT2D eigenvalue weighted by molar-refractivity contribution is 6.04. The molecular weight excluding hydrogens is 897 g/mol. The number of primary amides is 1. The number of nitrogens with one attached hydrogen (secondary N) is 4. The van der Waals surface area contributed by atoms with E-state index in [0.29, 0.717) is 65.5 Å². The molecule has 4 amide bonds. The van der Waals surface area contributed by atoms with Crippen LogP contribution in [0.2, 0.25) is 0 Å². The van der Waals surface area contributed by atoms with Gasteiger partial charge in [-0.2, -0.15) is 5.10 Å². The van der Waals surface area contributed by atoms with E-state index in [0.717, 1.165) is 16.9 Å². The summed E-state index contributed by atoms with van der Waals surface area (Å²) in [4.78, 5) is 67.0. The van der Waals surface area contributed by atoms with E-state index in [1.165, 1.54) is 13.2 Å². The van der Waals surface area contributed by atoms with Gasteiger partial charge in [-0.25, -0.2) is 20.4 Å². The minimum Gasteiger partial charge on any atom is -0.491 e. The monoisotopic (exact) mass is 961 g/mol. The number of allylic oxidation sites excluding steroid dienone is 1. The van der Waals surface area contributed by atoms with Crippen molar-refractivity contribution in [3.63, 3.8) is 0 Å². The lowest BCUT2D eigenvalue weighted by molar-refractivity contribution is -0.125. The lowest BCUT2D eigenvalue weighted by Crippen LogP contribution is -2.54. The number of hydrazine groups is 2. The van der Waals surface area contributed by atoms with Crippen molar-refractivity contribution in [3.05, 3.63) is 107 Å². The maximum Gasteiger partial charge on any atom is 0.275 e. The van der Waals surface area contributed by atoms with Crippen LogP contribution in [-0.4, -0.2) is 111 Å². The van der Waals surface area contributed by atoms with Gasteiger partial charge in [-0.05, 0) is 89.1 Å². The molecule has 70 heavy (non-hydrogen) atoms. The highest BCUT2D eigenvalue weighted by Crippen LogP contribution is 2.38. The summed E-state index contributed by atoms with van der Waals surface area (Å²) in [6, 6.07) is 14.1. The van der Waals surface area contributed by atoms with Gasteiger partial charge in [-0.3, -0.25) is 34.6 Å². The number of carbonyl (C=O) groups is 4. The number of nitrogens with zero attached hydrogens (tertiary/aromatic N) is 9. The zero-order chi connectivity index (χ0) is 50.4. The van der Waals surface area contributed by atoms with E-state index in [1.807, 2.05) is 100 Å². The molecule has 2 aliphatic rings. The fourth-order valence-corrected chi connectivity index (χ4v) is 8.42. The van der Waals surface area contributed by atoms with Crippen molar-refractivity contribution in [2.24, 2.45) is 11.5 Å². The van der Waals surface area contributed by atoms with Crippen LogP contribution in [0.1, 0.15) is 84.4 Å². The largest absolute Gasteiger partial charge is 0.491 e. The van der Waals surface area contributed by atoms with Crippen LogP contribution in [0.4, 0.5) is 23.1 Å². The molecule has 2 atom stereocenters. The number of aromatic nitrogens is 5. The van der Waals surface area contributed by atoms with Gasteiger partial charge in [-0.1, -0.05) is 24.3 Å². The highest BCUT2D eigenvalue weighted by Gasteiger charge is 2.37. The molecule has 0 fully saturated rings. The van der Waals surface area contributed by atoms with Gasteiger partial charge in [0.1, 0.15) is 28.9 Å². The number of hydrogen-bond donors (Lipinski definition) is 7. The summed E-state index contributed by atoms with van der Waals surface area (Å²) in [5, 5.41) is 14.1. The van der Waals surface area contributed by atoms with Crippen LogP contribution >= 0.6 is 0 Å². The van der Waals surface area contributed by atoms with Crippen molar-refractivity contribution in [3.8, 4) is 5.75 Å². The van der Waals surface area contributed by atoms with E-state index in [2.05, 4.69) is 26.6 Å². The second-order valence-corrected chi connectivity index (χ2v) is 17.7. The number of amides is 4. The molecular formula is C48H64N16O6. The van der Waals surface area contributed by atoms with Crippen LogP contribution in [0.3, 0.4) is 0 Å². The molecule has 2 aliphatic heterocycles. The van der Waals surface area contributed by atoms with Crippen molar-refractivity contribution in [1.29, 1.82) is 0 Å². The van der Waals surface area contributed by atoms with Crippen LogP contribution in [0.15, 0.2) is 78.7 Å². The zero-order valence-corrected chi connectivity index (χ0v) is 40.9. The molecule has 0 saturated heterocycles. The predicted molar refractivity (Wildman–Crippen MR) is 267 cm³/mol. The molecule has 22 nitrogen and oxygen atoms in total. The summed E-state index contributed by atoms with van der Waals surface area (Å²) in [6.07, 6.45) is 6.42.